The van der Waals surface area contributed by atoms with Gasteiger partial charge in [0, 0.05) is 41.7 Å². The maximum absolute atomic E-state index is 14.1. The molecule has 0 fully saturated rings. The van der Waals surface area contributed by atoms with Gasteiger partial charge < -0.3 is 14.4 Å². The average molecular weight is 633 g/mol. The maximum Gasteiger partial charge on any atom is 0.277 e. The SMILES string of the molecule is CCN(CC)CCN(Cc1ccc(-c2ccc(Cl)cc2)cc1)C(=O)Cn1c(SCc2ccc(F)cc2)nc(=O)c2c1CCC2. The molecule has 1 heterocycles. The molecule has 0 atom stereocenters. The first-order valence-electron chi connectivity index (χ1n) is 15.2. The van der Waals surface area contributed by atoms with E-state index in [0.29, 0.717) is 35.4 Å². The fourth-order valence-electron chi connectivity index (χ4n) is 5.58. The minimum Gasteiger partial charge on any atom is -0.336 e. The molecule has 6 nitrogen and oxygen atoms in total. The smallest absolute Gasteiger partial charge is 0.277 e. The van der Waals surface area contributed by atoms with Crippen LogP contribution in [0.4, 0.5) is 4.39 Å². The van der Waals surface area contributed by atoms with Crippen molar-refractivity contribution in [2.45, 2.75) is 57.1 Å². The molecule has 1 amide bonds. The van der Waals surface area contributed by atoms with E-state index in [1.165, 1.54) is 23.9 Å². The Hall–Kier alpha value is -3.46. The Kier molecular flexibility index (Phi) is 10.9. The fourth-order valence-corrected chi connectivity index (χ4v) is 6.67. The van der Waals surface area contributed by atoms with Gasteiger partial charge in [-0.15, -0.1) is 0 Å². The Morgan fingerprint density at radius 3 is 2.20 bits per heavy atom. The van der Waals surface area contributed by atoms with Crippen LogP contribution in [-0.4, -0.2) is 51.4 Å². The largest absolute Gasteiger partial charge is 0.336 e. The van der Waals surface area contributed by atoms with Crippen LogP contribution in [0, 0.1) is 5.82 Å². The van der Waals surface area contributed by atoms with Gasteiger partial charge in [0.15, 0.2) is 5.16 Å². The van der Waals surface area contributed by atoms with Gasteiger partial charge in [-0.1, -0.05) is 85.7 Å². The van der Waals surface area contributed by atoms with Crippen LogP contribution in [0.1, 0.15) is 42.7 Å². The molecule has 0 radical (unpaired) electrons. The first-order valence-corrected chi connectivity index (χ1v) is 16.6. The number of hydrogen-bond acceptors (Lipinski definition) is 5. The second-order valence-corrected chi connectivity index (χ2v) is 12.4. The molecule has 0 saturated heterocycles. The Morgan fingerprint density at radius 1 is 0.909 bits per heavy atom. The fraction of sp³-hybridized carbons (Fsp3) is 0.343. The molecule has 0 spiro atoms. The minimum absolute atomic E-state index is 0.0119. The van der Waals surface area contributed by atoms with Crippen LogP contribution in [0.2, 0.25) is 5.02 Å². The molecule has 0 unspecified atom stereocenters. The Balaban J connectivity index is 1.38. The van der Waals surface area contributed by atoms with Gasteiger partial charge in [0.1, 0.15) is 12.4 Å². The van der Waals surface area contributed by atoms with Gasteiger partial charge in [0.2, 0.25) is 5.91 Å². The van der Waals surface area contributed by atoms with Crippen molar-refractivity contribution in [3.63, 3.8) is 0 Å². The van der Waals surface area contributed by atoms with Gasteiger partial charge >= 0.3 is 0 Å². The number of likely N-dealkylation sites (N-methyl/N-ethyl adjacent to an activating group) is 1. The standard InChI is InChI=1S/C35H38ClFN4O2S/c1-3-39(4-2)20-21-40(22-25-8-12-27(13-9-25)28-14-16-29(36)17-15-28)33(42)23-41-32-7-5-6-31(32)34(43)38-35(41)44-24-26-10-18-30(37)19-11-26/h8-19H,3-7,20-24H2,1-2H3. The van der Waals surface area contributed by atoms with Crippen molar-refractivity contribution in [1.82, 2.24) is 19.4 Å². The summed E-state index contributed by atoms with van der Waals surface area (Å²) in [6.45, 7) is 8.04. The summed E-state index contributed by atoms with van der Waals surface area (Å²) in [5.41, 5.74) is 5.57. The second-order valence-electron chi connectivity index (χ2n) is 11.0. The number of carbonyl (C=O) groups is 1. The van der Waals surface area contributed by atoms with Crippen LogP contribution in [-0.2, 0) is 36.5 Å². The van der Waals surface area contributed by atoms with Gasteiger partial charge in [-0.05, 0) is 78.9 Å². The maximum atomic E-state index is 14.1. The van der Waals surface area contributed by atoms with E-state index in [-0.39, 0.29) is 23.8 Å². The summed E-state index contributed by atoms with van der Waals surface area (Å²) in [4.78, 5) is 35.6. The quantitative estimate of drug-likeness (QED) is 0.119. The van der Waals surface area contributed by atoms with Crippen molar-refractivity contribution in [3.05, 3.63) is 116 Å². The summed E-state index contributed by atoms with van der Waals surface area (Å²) in [5.74, 6) is 0.217. The van der Waals surface area contributed by atoms with Crippen LogP contribution in [0.15, 0.2) is 82.7 Å². The lowest BCUT2D eigenvalue weighted by atomic mass is 10.0. The highest BCUT2D eigenvalue weighted by atomic mass is 35.5. The summed E-state index contributed by atoms with van der Waals surface area (Å²) >= 11 is 7.48. The molecule has 230 valence electrons. The number of nitrogens with zero attached hydrogens (tertiary/aromatic N) is 4. The summed E-state index contributed by atoms with van der Waals surface area (Å²) in [6, 6.07) is 22.4. The summed E-state index contributed by atoms with van der Waals surface area (Å²) in [5, 5.41) is 1.23. The number of aromatic nitrogens is 2. The molecule has 5 rings (SSSR count). The van der Waals surface area contributed by atoms with Crippen molar-refractivity contribution in [2.24, 2.45) is 0 Å². The second kappa shape index (κ2) is 15.0. The van der Waals surface area contributed by atoms with E-state index in [4.69, 9.17) is 11.6 Å². The minimum atomic E-state index is -0.290. The molecule has 4 aromatic rings. The van der Waals surface area contributed by atoms with Crippen LogP contribution in [0.5, 0.6) is 0 Å². The molecule has 3 aromatic carbocycles. The predicted molar refractivity (Wildman–Crippen MR) is 177 cm³/mol. The molecule has 0 aliphatic heterocycles. The predicted octanol–water partition coefficient (Wildman–Crippen LogP) is 6.85. The first-order chi connectivity index (χ1) is 21.3. The number of fused-ring (bicyclic) bond motifs is 1. The van der Waals surface area contributed by atoms with Gasteiger partial charge in [0.05, 0.1) is 0 Å². The molecular weight excluding hydrogens is 595 g/mol. The van der Waals surface area contributed by atoms with Crippen molar-refractivity contribution < 1.29 is 9.18 Å². The third-order valence-electron chi connectivity index (χ3n) is 8.21. The van der Waals surface area contributed by atoms with E-state index in [0.717, 1.165) is 66.0 Å². The molecule has 0 bridgehead atoms. The lowest BCUT2D eigenvalue weighted by molar-refractivity contribution is -0.132. The van der Waals surface area contributed by atoms with E-state index in [1.54, 1.807) is 12.1 Å². The lowest BCUT2D eigenvalue weighted by Gasteiger charge is -2.28. The number of benzene rings is 3. The number of halogens is 2. The van der Waals surface area contributed by atoms with Crippen molar-refractivity contribution in [2.75, 3.05) is 26.2 Å². The highest BCUT2D eigenvalue weighted by molar-refractivity contribution is 7.98. The molecule has 0 N–H and O–H groups in total. The number of thioether (sulfide) groups is 1. The highest BCUT2D eigenvalue weighted by Crippen LogP contribution is 2.27. The molecule has 44 heavy (non-hydrogen) atoms. The Morgan fingerprint density at radius 2 is 1.55 bits per heavy atom. The topological polar surface area (TPSA) is 58.4 Å². The summed E-state index contributed by atoms with van der Waals surface area (Å²) in [6.07, 6.45) is 2.30. The average Bonchev–Trinajstić information content (AvgIpc) is 3.54. The number of carbonyl (C=O) groups excluding carboxylic acids is 1. The monoisotopic (exact) mass is 632 g/mol. The molecule has 1 aliphatic rings. The molecule has 1 aliphatic carbocycles. The zero-order chi connectivity index (χ0) is 31.1. The third kappa shape index (κ3) is 7.97. The van der Waals surface area contributed by atoms with Gasteiger partial charge in [-0.25, -0.2) is 4.39 Å². The van der Waals surface area contributed by atoms with E-state index in [9.17, 15) is 14.0 Å². The first kappa shape index (κ1) is 31.9. The molecule has 1 aromatic heterocycles. The van der Waals surface area contributed by atoms with Crippen LogP contribution in [0.25, 0.3) is 11.1 Å². The van der Waals surface area contributed by atoms with E-state index in [1.807, 2.05) is 33.7 Å². The van der Waals surface area contributed by atoms with Crippen molar-refractivity contribution in [1.29, 1.82) is 0 Å². The van der Waals surface area contributed by atoms with Gasteiger partial charge in [-0.2, -0.15) is 4.98 Å². The normalized spacial score (nSPS) is 12.5. The summed E-state index contributed by atoms with van der Waals surface area (Å²) < 4.78 is 15.4. The van der Waals surface area contributed by atoms with Crippen molar-refractivity contribution >= 4 is 29.3 Å². The van der Waals surface area contributed by atoms with E-state index < -0.39 is 0 Å². The number of hydrogen-bond donors (Lipinski definition) is 0. The van der Waals surface area contributed by atoms with Crippen LogP contribution in [0.3, 0.4) is 0 Å². The number of rotatable bonds is 13. The van der Waals surface area contributed by atoms with Crippen molar-refractivity contribution in [3.8, 4) is 11.1 Å². The molecule has 0 saturated carbocycles. The number of amides is 1. The van der Waals surface area contributed by atoms with Crippen LogP contribution < -0.4 is 5.56 Å². The Labute approximate surface area is 267 Å². The molecule has 9 heteroatoms. The van der Waals surface area contributed by atoms with Gasteiger partial charge in [0.25, 0.3) is 5.56 Å². The van der Waals surface area contributed by atoms with Gasteiger partial charge in [-0.3, -0.25) is 9.59 Å². The zero-order valence-electron chi connectivity index (χ0n) is 25.3. The van der Waals surface area contributed by atoms with E-state index >= 15 is 0 Å². The lowest BCUT2D eigenvalue weighted by Crippen LogP contribution is -2.40. The highest BCUT2D eigenvalue weighted by Gasteiger charge is 2.25. The van der Waals surface area contributed by atoms with E-state index in [2.05, 4.69) is 48.0 Å². The third-order valence-corrected chi connectivity index (χ3v) is 9.51. The summed E-state index contributed by atoms with van der Waals surface area (Å²) in [7, 11) is 0. The Bertz CT molecular complexity index is 1620. The zero-order valence-corrected chi connectivity index (χ0v) is 26.8. The van der Waals surface area contributed by atoms with Crippen LogP contribution >= 0.6 is 23.4 Å². The molecular formula is C35H38ClFN4O2S.